The second kappa shape index (κ2) is 7.53. The zero-order valence-corrected chi connectivity index (χ0v) is 12.3. The van der Waals surface area contributed by atoms with Crippen molar-refractivity contribution in [2.45, 2.75) is 0 Å². The van der Waals surface area contributed by atoms with Crippen LogP contribution in [0.25, 0.3) is 5.69 Å². The van der Waals surface area contributed by atoms with E-state index in [1.54, 1.807) is 24.1 Å². The number of nitrogen functional groups attached to an aromatic ring is 1. The summed E-state index contributed by atoms with van der Waals surface area (Å²) in [6, 6.07) is 11.5. The third kappa shape index (κ3) is 5.73. The fourth-order valence-electron chi connectivity index (χ4n) is 1.33. The van der Waals surface area contributed by atoms with E-state index in [9.17, 15) is 8.42 Å². The van der Waals surface area contributed by atoms with Crippen molar-refractivity contribution in [2.24, 2.45) is 0 Å². The molecule has 0 aliphatic rings. The molecule has 2 N–H and O–H groups in total. The molecule has 0 saturated heterocycles. The molecule has 0 spiro atoms. The summed E-state index contributed by atoms with van der Waals surface area (Å²) in [6.07, 6.45) is 2.27. The molecule has 1 aromatic heterocycles. The van der Waals surface area contributed by atoms with E-state index in [4.69, 9.17) is 15.7 Å². The quantitative estimate of drug-likeness (QED) is 0.447. The number of rotatable bonds is 3. The highest BCUT2D eigenvalue weighted by atomic mass is 32.2. The van der Waals surface area contributed by atoms with Crippen molar-refractivity contribution in [3.05, 3.63) is 42.6 Å². The standard InChI is InChI=1S/C11H11N3O.CH4O4S/c1-15-11-7-9(12)8-13-14(11)10-5-3-2-4-6-10;1-6(3,4)5-2/h2-8,12H,1H3;2H,1H3. The molecule has 2 aromatic rings. The maximum absolute atomic E-state index is 9.47. The third-order valence-electron chi connectivity index (χ3n) is 2.15. The smallest absolute Gasteiger partial charge is 0.401 e. The summed E-state index contributed by atoms with van der Waals surface area (Å²) >= 11 is 0. The number of anilines is 1. The summed E-state index contributed by atoms with van der Waals surface area (Å²) in [4.78, 5) is 0. The van der Waals surface area contributed by atoms with Crippen LogP contribution in [-0.4, -0.2) is 26.9 Å². The normalized spacial score (nSPS) is 10.4. The Balaban J connectivity index is 0.000000315. The van der Waals surface area contributed by atoms with E-state index in [-0.39, 0.29) is 0 Å². The van der Waals surface area contributed by atoms with E-state index >= 15 is 0 Å². The van der Waals surface area contributed by atoms with Crippen LogP contribution in [0.15, 0.2) is 42.6 Å². The number of hydrogen-bond acceptors (Lipinski definition) is 7. The van der Waals surface area contributed by atoms with Gasteiger partial charge in [0.2, 0.25) is 5.69 Å². The number of hydrogen-bond donors (Lipinski definition) is 1. The van der Waals surface area contributed by atoms with Crippen LogP contribution in [-0.2, 0) is 14.5 Å². The van der Waals surface area contributed by atoms with Crippen LogP contribution in [0.3, 0.4) is 0 Å². The van der Waals surface area contributed by atoms with Crippen molar-refractivity contribution in [1.82, 2.24) is 5.10 Å². The van der Waals surface area contributed by atoms with E-state index in [1.807, 2.05) is 30.3 Å². The summed E-state index contributed by atoms with van der Waals surface area (Å²) in [6.45, 7) is 0. The maximum Gasteiger partial charge on any atom is 0.401 e. The van der Waals surface area contributed by atoms with E-state index in [0.29, 0.717) is 17.8 Å². The molecule has 1 aromatic carbocycles. The minimum atomic E-state index is -3.72. The Morgan fingerprint density at radius 3 is 2.33 bits per heavy atom. The molecular formula is C12H15N3O5S. The zero-order chi connectivity index (χ0) is 15.9. The van der Waals surface area contributed by atoms with Gasteiger partial charge in [0.05, 0.1) is 25.1 Å². The van der Waals surface area contributed by atoms with Crippen LogP contribution in [0.2, 0.25) is 0 Å². The van der Waals surface area contributed by atoms with Gasteiger partial charge in [0.1, 0.15) is 6.20 Å². The van der Waals surface area contributed by atoms with E-state index < -0.39 is 10.1 Å². The Bertz CT molecular complexity index is 677. The van der Waals surface area contributed by atoms with Crippen molar-refractivity contribution in [3.8, 4) is 11.6 Å². The highest BCUT2D eigenvalue weighted by Gasteiger charge is 2.16. The van der Waals surface area contributed by atoms with Gasteiger partial charge in [0.25, 0.3) is 10.1 Å². The lowest BCUT2D eigenvalue weighted by Crippen LogP contribution is -2.36. The minimum Gasteiger partial charge on any atom is -0.707 e. The topological polar surface area (TPSA) is 118 Å². The van der Waals surface area contributed by atoms with Crippen molar-refractivity contribution in [1.29, 1.82) is 0 Å². The van der Waals surface area contributed by atoms with E-state index in [1.165, 1.54) is 0 Å². The number of para-hydroxylation sites is 1. The largest absolute Gasteiger partial charge is 0.707 e. The first-order valence-electron chi connectivity index (χ1n) is 5.66. The second-order valence-electron chi connectivity index (χ2n) is 3.85. The molecule has 0 aliphatic carbocycles. The fraction of sp³-hybridized carbons (Fsp3) is 0.167. The van der Waals surface area contributed by atoms with E-state index in [0.717, 1.165) is 5.69 Å². The molecule has 0 amide bonds. The summed E-state index contributed by atoms with van der Waals surface area (Å²) in [5.41, 5.74) is 7.15. The molecule has 1 heterocycles. The summed E-state index contributed by atoms with van der Waals surface area (Å²) in [5, 5.41) is 13.0. The Morgan fingerprint density at radius 1 is 1.29 bits per heavy atom. The summed E-state index contributed by atoms with van der Waals surface area (Å²) < 4.78 is 28.5. The SMILES string of the molecule is COc1cc(N)cn[n+]1-c1ccccc1.CS(=O)(=O)O[O-]. The van der Waals surface area contributed by atoms with Gasteiger partial charge in [0, 0.05) is 17.2 Å². The van der Waals surface area contributed by atoms with Gasteiger partial charge in [0.15, 0.2) is 0 Å². The monoisotopic (exact) mass is 313 g/mol. The lowest BCUT2D eigenvalue weighted by Gasteiger charge is -1.99. The van der Waals surface area contributed by atoms with Crippen molar-refractivity contribution >= 4 is 15.8 Å². The van der Waals surface area contributed by atoms with Crippen LogP contribution < -0.4 is 20.4 Å². The zero-order valence-electron chi connectivity index (χ0n) is 11.5. The lowest BCUT2D eigenvalue weighted by molar-refractivity contribution is -0.665. The minimum absolute atomic E-state index is 0.582. The van der Waals surface area contributed by atoms with Gasteiger partial charge in [-0.05, 0) is 4.68 Å². The molecule has 21 heavy (non-hydrogen) atoms. The molecule has 0 saturated carbocycles. The van der Waals surface area contributed by atoms with Gasteiger partial charge in [-0.1, -0.05) is 18.2 Å². The number of benzene rings is 1. The van der Waals surface area contributed by atoms with Crippen LogP contribution in [0.5, 0.6) is 5.88 Å². The first-order valence-corrected chi connectivity index (χ1v) is 7.47. The third-order valence-corrected chi connectivity index (χ3v) is 2.40. The Labute approximate surface area is 122 Å². The molecule has 0 radical (unpaired) electrons. The van der Waals surface area contributed by atoms with Gasteiger partial charge in [-0.2, -0.15) is 0 Å². The number of nitrogens with two attached hydrogens (primary N) is 1. The highest BCUT2D eigenvalue weighted by Crippen LogP contribution is 2.09. The maximum atomic E-state index is 9.47. The molecule has 0 fully saturated rings. The van der Waals surface area contributed by atoms with Crippen molar-refractivity contribution in [2.75, 3.05) is 19.1 Å². The van der Waals surface area contributed by atoms with Crippen LogP contribution >= 0.6 is 0 Å². The molecule has 9 heteroatoms. The van der Waals surface area contributed by atoms with Crippen LogP contribution in [0.4, 0.5) is 5.69 Å². The number of nitrogens with zero attached hydrogens (tertiary/aromatic N) is 2. The highest BCUT2D eigenvalue weighted by molar-refractivity contribution is 7.85. The summed E-state index contributed by atoms with van der Waals surface area (Å²) in [5.74, 6) is 0.612. The van der Waals surface area contributed by atoms with Crippen molar-refractivity contribution in [3.63, 3.8) is 0 Å². The molecule has 8 nitrogen and oxygen atoms in total. The number of ether oxygens (including phenoxy) is 1. The predicted octanol–water partition coefficient (Wildman–Crippen LogP) is -0.813. The second-order valence-corrected chi connectivity index (χ2v) is 5.40. The van der Waals surface area contributed by atoms with Crippen LogP contribution in [0.1, 0.15) is 0 Å². The molecular weight excluding hydrogens is 298 g/mol. The Kier molecular flexibility index (Phi) is 6.03. The van der Waals surface area contributed by atoms with Crippen molar-refractivity contribution < 1.29 is 27.4 Å². The van der Waals surface area contributed by atoms with Gasteiger partial charge >= 0.3 is 5.88 Å². The van der Waals surface area contributed by atoms with Gasteiger partial charge in [-0.3, -0.25) is 0 Å². The van der Waals surface area contributed by atoms with E-state index in [2.05, 4.69) is 9.43 Å². The molecule has 0 atom stereocenters. The molecule has 0 unspecified atom stereocenters. The average molecular weight is 313 g/mol. The molecule has 0 bridgehead atoms. The number of aromatic nitrogens is 2. The first kappa shape index (κ1) is 16.8. The predicted molar refractivity (Wildman–Crippen MR) is 72.7 cm³/mol. The Hall–Kier alpha value is -2.23. The Morgan fingerprint density at radius 2 is 1.86 bits per heavy atom. The van der Waals surface area contributed by atoms with Gasteiger partial charge < -0.3 is 20.1 Å². The molecule has 0 aliphatic heterocycles. The van der Waals surface area contributed by atoms with Gasteiger partial charge in [-0.25, -0.2) is 8.42 Å². The van der Waals surface area contributed by atoms with Crippen LogP contribution in [0, 0.1) is 0 Å². The summed E-state index contributed by atoms with van der Waals surface area (Å²) in [7, 11) is -2.12. The lowest BCUT2D eigenvalue weighted by atomic mass is 10.3. The first-order chi connectivity index (χ1) is 9.87. The van der Waals surface area contributed by atoms with Gasteiger partial charge in [-0.15, -0.1) is 0 Å². The average Bonchev–Trinajstić information content (AvgIpc) is 2.48. The molecule has 2 rings (SSSR count). The number of methoxy groups -OCH3 is 1. The fourth-order valence-corrected chi connectivity index (χ4v) is 1.33. The molecule has 114 valence electrons.